The zero-order chi connectivity index (χ0) is 108. The van der Waals surface area contributed by atoms with Crippen LogP contribution in [0.5, 0.6) is 17.2 Å². The van der Waals surface area contributed by atoms with Crippen molar-refractivity contribution < 1.29 is 85.9 Å². The average Bonchev–Trinajstić information content (AvgIpc) is 1.50. The number of Topliss-reactive ketones (excluding diaryl/α,β-unsaturated/α-hetero) is 1. The Morgan fingerprint density at radius 3 is 1.37 bits per heavy atom. The van der Waals surface area contributed by atoms with Gasteiger partial charge in [0.05, 0.1) is 80.0 Å². The Balaban J connectivity index is 0.000000160. The number of carbonyl (C=O) groups excluding carboxylic acids is 2. The van der Waals surface area contributed by atoms with E-state index in [9.17, 15) is 58.7 Å². The van der Waals surface area contributed by atoms with Gasteiger partial charge in [-0.25, -0.2) is 46.1 Å². The number of ether oxygens (including phenoxy) is 4. The molecule has 0 saturated heterocycles. The van der Waals surface area contributed by atoms with Gasteiger partial charge in [-0.05, 0) is 221 Å². The molecular weight excluding hydrogens is 1950 g/mol. The molecule has 0 saturated carbocycles. The Kier molecular flexibility index (Phi) is 37.2. The monoisotopic (exact) mass is 2050 g/mol. The quantitative estimate of drug-likeness (QED) is 0.00574. The lowest BCUT2D eigenvalue weighted by molar-refractivity contribution is 0.0635. The molecule has 5 heterocycles. The molecule has 0 spiro atoms. The summed E-state index contributed by atoms with van der Waals surface area (Å²) in [7, 11) is 0.880. The number of amides is 1. The van der Waals surface area contributed by atoms with E-state index in [0.29, 0.717) is 63.2 Å². The summed E-state index contributed by atoms with van der Waals surface area (Å²) in [6, 6.07) is 86.0. The van der Waals surface area contributed by atoms with Crippen molar-refractivity contribution in [2.75, 3.05) is 32.9 Å². The van der Waals surface area contributed by atoms with Gasteiger partial charge in [-0.3, -0.25) is 33.2 Å². The van der Waals surface area contributed by atoms with E-state index in [2.05, 4.69) is 72.5 Å². The molecule has 766 valence electrons. The largest absolute Gasteiger partial charge is 0.496 e. The van der Waals surface area contributed by atoms with Crippen molar-refractivity contribution in [1.29, 1.82) is 5.26 Å². The lowest BCUT2D eigenvalue weighted by Crippen LogP contribution is -2.37. The van der Waals surface area contributed by atoms with Crippen LogP contribution < -0.4 is 41.5 Å². The smallest absolute Gasteiger partial charge is 0.413 e. The van der Waals surface area contributed by atoms with Crippen LogP contribution >= 0.6 is 0 Å². The van der Waals surface area contributed by atoms with Crippen LogP contribution in [0.1, 0.15) is 143 Å². The number of azide groups is 1. The molecular formula is C116H103F6N11O16S. The summed E-state index contributed by atoms with van der Waals surface area (Å²) < 4.78 is 150. The van der Waals surface area contributed by atoms with E-state index >= 15 is 0 Å². The molecule has 150 heavy (non-hydrogen) atoms. The first kappa shape index (κ1) is 111. The number of aryl methyl sites for hydroxylation is 4. The first-order valence-corrected chi connectivity index (χ1v) is 48.3. The van der Waals surface area contributed by atoms with Crippen LogP contribution in [-0.4, -0.2) is 84.4 Å². The maximum absolute atomic E-state index is 14.2. The summed E-state index contributed by atoms with van der Waals surface area (Å²) in [6.07, 6.45) is 2.62. The normalized spacial score (nSPS) is 11.7. The van der Waals surface area contributed by atoms with Gasteiger partial charge < -0.3 is 43.1 Å². The highest BCUT2D eigenvalue weighted by molar-refractivity contribution is 7.86. The molecule has 34 heteroatoms. The maximum atomic E-state index is 14.2. The Morgan fingerprint density at radius 2 is 0.947 bits per heavy atom. The number of hydrogen-bond donors (Lipinski definition) is 3. The number of carbonyl (C=O) groups is 2. The van der Waals surface area contributed by atoms with E-state index in [4.69, 9.17) is 68.1 Å². The van der Waals surface area contributed by atoms with Gasteiger partial charge in [-0.2, -0.15) is 13.7 Å². The van der Waals surface area contributed by atoms with E-state index < -0.39 is 96.7 Å². The zero-order valence-electron chi connectivity index (χ0n) is 83.8. The Morgan fingerprint density at radius 1 is 0.540 bits per heavy atom. The fourth-order valence-electron chi connectivity index (χ4n) is 16.5. The molecule has 13 aromatic carbocycles. The van der Waals surface area contributed by atoms with Gasteiger partial charge in [0.15, 0.2) is 22.8 Å². The molecule has 1 amide bonds. The van der Waals surface area contributed by atoms with Gasteiger partial charge in [-0.1, -0.05) is 223 Å². The molecule has 0 aliphatic heterocycles. The molecule has 0 fully saturated rings. The van der Waals surface area contributed by atoms with Crippen molar-refractivity contribution in [3.8, 4) is 56.7 Å². The van der Waals surface area contributed by atoms with Gasteiger partial charge in [-0.15, -0.1) is 0 Å². The number of anilines is 1. The van der Waals surface area contributed by atoms with Crippen LogP contribution in [0.3, 0.4) is 0 Å². The summed E-state index contributed by atoms with van der Waals surface area (Å²) in [4.78, 5) is 80.2. The van der Waals surface area contributed by atoms with Crippen LogP contribution in [0.2, 0.25) is 0 Å². The molecule has 0 bridgehead atoms. The second-order valence-electron chi connectivity index (χ2n) is 34.8. The van der Waals surface area contributed by atoms with E-state index in [-0.39, 0.29) is 83.8 Å². The highest BCUT2D eigenvalue weighted by Gasteiger charge is 2.41. The number of methoxy groups -OCH3 is 3. The summed E-state index contributed by atoms with van der Waals surface area (Å²) in [5, 5.41) is 25.7. The molecule has 3 unspecified atom stereocenters. The maximum Gasteiger partial charge on any atom is 0.413 e. The number of nitrogens with one attached hydrogen (secondary N) is 1. The van der Waals surface area contributed by atoms with Crippen molar-refractivity contribution in [3.05, 3.63) is 464 Å². The number of imidazole rings is 1. The minimum Gasteiger partial charge on any atom is -0.496 e. The number of rotatable bonds is 21. The molecule has 4 N–H and O–H groups in total. The summed E-state index contributed by atoms with van der Waals surface area (Å²) in [5.41, 5.74) is 22.1. The third-order valence-electron chi connectivity index (χ3n) is 23.0. The van der Waals surface area contributed by atoms with E-state index in [1.54, 1.807) is 53.6 Å². The second kappa shape index (κ2) is 50.3. The highest BCUT2D eigenvalue weighted by atomic mass is 32.2. The molecule has 0 radical (unpaired) electrons. The van der Waals surface area contributed by atoms with Crippen molar-refractivity contribution >= 4 is 78.1 Å². The number of halogens is 6. The lowest BCUT2D eigenvalue weighted by Gasteiger charge is -2.37. The van der Waals surface area contributed by atoms with Crippen molar-refractivity contribution in [2.45, 2.75) is 105 Å². The zero-order valence-corrected chi connectivity index (χ0v) is 84.6. The number of hydrogen-bond acceptors (Lipinski definition) is 23. The SMILES string of the molecule is CC(N)c1oc2cccc(F)c2c(=O)c1-c1cccc(F)c1.CC(N=[N+]=[N-])c1oc2cccc(F)c2c(=O)c1-c1cccc(F)c1.CC(OS(C)(=O)=O)c1oc2cccc(F)c2c(=O)c1-c1cccc(F)c1.COc1cccc(C)c1/C=N/O.COc1cccc(C)c1C#N.COc1cccc(C)c1C(=O)Cc1ccccc1.Cc1nc(NC(=O)OC(C)(C)C)c2ncn(C(c3ccccc3)(c3ccccc3)c3ccccc3)c2n1. The minimum absolute atomic E-state index is 0.0213. The molecule has 3 atom stereocenters. The summed E-state index contributed by atoms with van der Waals surface area (Å²) >= 11 is 0. The van der Waals surface area contributed by atoms with Gasteiger partial charge in [0, 0.05) is 16.9 Å². The Hall–Kier alpha value is -17.9. The van der Waals surface area contributed by atoms with Crippen molar-refractivity contribution in [3.63, 3.8) is 0 Å². The molecule has 0 aliphatic carbocycles. The molecule has 27 nitrogen and oxygen atoms in total. The highest BCUT2D eigenvalue weighted by Crippen LogP contribution is 2.44. The second-order valence-corrected chi connectivity index (χ2v) is 36.4. The third kappa shape index (κ3) is 26.7. The predicted octanol–water partition coefficient (Wildman–Crippen LogP) is 26.1. The number of fused-ring (bicyclic) bond motifs is 4. The van der Waals surface area contributed by atoms with Crippen LogP contribution in [0.25, 0.3) is 87.9 Å². The van der Waals surface area contributed by atoms with E-state index in [1.807, 2.05) is 175 Å². The molecule has 0 aliphatic rings. The van der Waals surface area contributed by atoms with Gasteiger partial charge in [0.25, 0.3) is 10.1 Å². The summed E-state index contributed by atoms with van der Waals surface area (Å²) in [5.74, 6) is -0.838. The van der Waals surface area contributed by atoms with E-state index in [1.165, 1.54) is 117 Å². The molecule has 18 aromatic rings. The number of ketones is 1. The number of nitriles is 1. The Bertz CT molecular complexity index is 8280. The number of nitrogens with two attached hydrogens (primary N) is 1. The van der Waals surface area contributed by atoms with Gasteiger partial charge in [0.1, 0.15) is 131 Å². The van der Waals surface area contributed by atoms with Gasteiger partial charge >= 0.3 is 6.09 Å². The average molecular weight is 2050 g/mol. The predicted molar refractivity (Wildman–Crippen MR) is 564 cm³/mol. The summed E-state index contributed by atoms with van der Waals surface area (Å²) in [6.45, 7) is 17.5. The number of benzene rings is 13. The first-order chi connectivity index (χ1) is 71.8. The van der Waals surface area contributed by atoms with Crippen LogP contribution in [0, 0.1) is 73.9 Å². The topological polar surface area (TPSA) is 392 Å². The van der Waals surface area contributed by atoms with Crippen molar-refractivity contribution in [2.24, 2.45) is 16.0 Å². The first-order valence-electron chi connectivity index (χ1n) is 46.4. The number of aromatic nitrogens is 4. The third-order valence-corrected chi connectivity index (χ3v) is 23.6. The lowest BCUT2D eigenvalue weighted by atomic mass is 9.76. The number of oxime groups is 1. The van der Waals surface area contributed by atoms with Crippen LogP contribution in [0.4, 0.5) is 37.0 Å². The fraction of sp³-hybridized carbons (Fsp3) is 0.172. The molecule has 18 rings (SSSR count). The minimum atomic E-state index is -3.86. The Labute approximate surface area is 858 Å². The van der Waals surface area contributed by atoms with Crippen LogP contribution in [0.15, 0.2) is 348 Å². The van der Waals surface area contributed by atoms with E-state index in [0.717, 1.165) is 75.0 Å². The standard InChI is InChI=1S/C30H29N5O2.C18H14F2O5S.C17H11F2N3O2.C17H13F2NO2.C16H16O2.C9H11NO2.C9H9NO/c1-21-32-26(34-28(36)37-29(2,3)4)25-27(33-21)35(20-31-25)30(22-14-8-5-9-15-22,23-16-10-6-11-17-23)24-18-12-7-13-19-24;1-10(25-26(2,22)23)18-15(11-5-3-6-12(19)9-11)17(21)16-13(20)7-4-8-14(16)24-18;1-9(21-22-20)17-14(10-4-2-5-11(18)8-10)16(23)15-12(19)6-3-7-13(15)24-17;1-9(20)17-14(10-4-2-5-11(18)8-10)16(21)15-12(19)6-3-7-13(15)22-17;1-12-7-6-10-15(18-2)16(12)14(17)11-13-8-4-3-5-9-13;1-7-4-3-5-9(12-2)8(7)6-10-11;1-7-4-3-5-9(11-2)8(7)6-10/h5-20H,1-4H3,(H,32,33,34,36);3-10H,1-2H3;2-9H,1H3;2-9H,20H2,1H3;3-10H,11H2,1-2H3;3-6,11H,1-2H3;3-5H,1-2H3/b;;;;;10-6+;. The molecule has 5 aromatic heterocycles. The van der Waals surface area contributed by atoms with Gasteiger partial charge in [0.2, 0.25) is 16.3 Å². The van der Waals surface area contributed by atoms with Crippen LogP contribution in [-0.2, 0) is 31.0 Å². The van der Waals surface area contributed by atoms with Crippen molar-refractivity contribution in [1.82, 2.24) is 19.5 Å². The fourth-order valence-corrected chi connectivity index (χ4v) is 17.1. The number of nitrogens with zero attached hydrogens (tertiary/aromatic N) is 9.